The second-order valence-electron chi connectivity index (χ2n) is 7.65. The van der Waals surface area contributed by atoms with E-state index in [2.05, 4.69) is 25.1 Å². The van der Waals surface area contributed by atoms with Gasteiger partial charge < -0.3 is 9.64 Å². The maximum Gasteiger partial charge on any atom is 0.257 e. The van der Waals surface area contributed by atoms with E-state index in [1.54, 1.807) is 17.0 Å². The van der Waals surface area contributed by atoms with Gasteiger partial charge in [-0.3, -0.25) is 4.79 Å². The Balaban J connectivity index is 1.42. The third-order valence-electron chi connectivity index (χ3n) is 5.75. The van der Waals surface area contributed by atoms with E-state index >= 15 is 0 Å². The van der Waals surface area contributed by atoms with Gasteiger partial charge in [0, 0.05) is 33.6 Å². The van der Waals surface area contributed by atoms with Crippen molar-refractivity contribution in [2.24, 2.45) is 11.8 Å². The van der Waals surface area contributed by atoms with E-state index in [9.17, 15) is 9.18 Å². The van der Waals surface area contributed by atoms with Crippen LogP contribution >= 0.6 is 0 Å². The third-order valence-corrected chi connectivity index (χ3v) is 5.75. The zero-order chi connectivity index (χ0) is 27.4. The van der Waals surface area contributed by atoms with Crippen LogP contribution in [-0.4, -0.2) is 61.0 Å². The van der Waals surface area contributed by atoms with E-state index in [0.717, 1.165) is 0 Å². The Morgan fingerprint density at radius 1 is 1.22 bits per heavy atom. The number of halogens is 1. The van der Waals surface area contributed by atoms with E-state index in [1.807, 2.05) is 0 Å². The minimum Gasteiger partial charge on any atom is -0.481 e. The average Bonchev–Trinajstić information content (AvgIpc) is 3.59. The molecule has 164 valence electrons. The lowest BCUT2D eigenvalue weighted by Crippen LogP contribution is -2.30. The third kappa shape index (κ3) is 3.41. The van der Waals surface area contributed by atoms with E-state index < -0.39 is 30.9 Å². The number of methoxy groups -OCH3 is 1. The number of fused-ring (bicyclic) bond motifs is 1. The quantitative estimate of drug-likeness (QED) is 0.613. The zero-order valence-corrected chi connectivity index (χ0v) is 17.0. The van der Waals surface area contributed by atoms with Crippen LogP contribution in [-0.2, 0) is 0 Å². The molecule has 32 heavy (non-hydrogen) atoms. The van der Waals surface area contributed by atoms with E-state index in [4.69, 9.17) is 13.0 Å². The molecule has 1 aliphatic carbocycles. The van der Waals surface area contributed by atoms with Gasteiger partial charge >= 0.3 is 0 Å². The highest BCUT2D eigenvalue weighted by molar-refractivity contribution is 5.97. The second kappa shape index (κ2) is 7.77. The molecule has 10 heteroatoms. The van der Waals surface area contributed by atoms with Crippen molar-refractivity contribution >= 4 is 11.5 Å². The minimum absolute atomic E-state index is 0.0347. The molecule has 0 saturated carbocycles. The highest BCUT2D eigenvalue weighted by Crippen LogP contribution is 2.41. The number of amides is 1. The summed E-state index contributed by atoms with van der Waals surface area (Å²) in [5.74, 6) is -1.68. The van der Waals surface area contributed by atoms with Crippen molar-refractivity contribution in [2.45, 2.75) is 20.1 Å². The van der Waals surface area contributed by atoms with E-state index in [0.29, 0.717) is 36.7 Å². The molecule has 1 amide bonds. The molecular formula is C22H22FN7O2. The molecule has 2 aliphatic rings. The fraction of sp³-hybridized carbons (Fsp3) is 0.364. The molecule has 4 heterocycles. The number of nitrogens with zero attached hydrogens (tertiary/aromatic N) is 7. The summed E-state index contributed by atoms with van der Waals surface area (Å²) < 4.78 is 65.4. The largest absolute Gasteiger partial charge is 0.481 e. The number of allylic oxidation sites excluding steroid dienone is 1. The van der Waals surface area contributed by atoms with Crippen LogP contribution in [0.5, 0.6) is 5.88 Å². The fourth-order valence-corrected chi connectivity index (χ4v) is 4.21. The lowest BCUT2D eigenvalue weighted by Gasteiger charge is -2.19. The summed E-state index contributed by atoms with van der Waals surface area (Å²) in [6.45, 7) is -5.17. The van der Waals surface area contributed by atoms with E-state index in [1.165, 1.54) is 30.5 Å². The van der Waals surface area contributed by atoms with Crippen molar-refractivity contribution in [3.63, 3.8) is 0 Å². The maximum absolute atomic E-state index is 14.7. The lowest BCUT2D eigenvalue weighted by atomic mass is 10.00. The first-order chi connectivity index (χ1) is 17.9. The summed E-state index contributed by atoms with van der Waals surface area (Å²) in [4.78, 5) is 28.4. The lowest BCUT2D eigenvalue weighted by molar-refractivity contribution is 0.0784. The highest BCUT2D eigenvalue weighted by atomic mass is 19.1. The molecule has 1 saturated heterocycles. The Hall–Kier alpha value is -3.69. The van der Waals surface area contributed by atoms with Gasteiger partial charge in [-0.2, -0.15) is 15.0 Å². The highest BCUT2D eigenvalue weighted by Gasteiger charge is 2.40. The summed E-state index contributed by atoms with van der Waals surface area (Å²) in [5.41, 5.74) is -0.618. The molecule has 3 aromatic heterocycles. The van der Waals surface area contributed by atoms with E-state index in [-0.39, 0.29) is 29.1 Å². The maximum atomic E-state index is 14.7. The molecule has 0 bridgehead atoms. The zero-order valence-electron chi connectivity index (χ0n) is 23.0. The predicted molar refractivity (Wildman–Crippen MR) is 113 cm³/mol. The number of carbonyl (C=O) groups is 1. The van der Waals surface area contributed by atoms with Crippen LogP contribution < -0.4 is 4.74 Å². The van der Waals surface area contributed by atoms with Crippen LogP contribution in [0.4, 0.5) is 4.39 Å². The number of carbonyl (C=O) groups excluding carboxylic acids is 1. The Labute approximate surface area is 192 Å². The molecule has 0 aromatic carbocycles. The predicted octanol–water partition coefficient (Wildman–Crippen LogP) is 2.39. The van der Waals surface area contributed by atoms with Crippen LogP contribution in [0.25, 0.3) is 11.3 Å². The van der Waals surface area contributed by atoms with Gasteiger partial charge in [0.2, 0.25) is 5.88 Å². The molecular weight excluding hydrogens is 413 g/mol. The van der Waals surface area contributed by atoms with Crippen LogP contribution in [0.3, 0.4) is 0 Å². The first-order valence-electron chi connectivity index (χ1n) is 12.9. The molecule has 2 unspecified atom stereocenters. The van der Waals surface area contributed by atoms with Crippen molar-refractivity contribution in [1.82, 2.24) is 34.8 Å². The molecule has 1 aliphatic heterocycles. The van der Waals surface area contributed by atoms with Gasteiger partial charge in [-0.05, 0) is 37.5 Å². The van der Waals surface area contributed by atoms with Crippen molar-refractivity contribution in [1.29, 1.82) is 0 Å². The van der Waals surface area contributed by atoms with Crippen molar-refractivity contribution in [3.8, 4) is 11.6 Å². The smallest absolute Gasteiger partial charge is 0.257 e. The molecule has 0 radical (unpaired) electrons. The summed E-state index contributed by atoms with van der Waals surface area (Å²) in [6.07, 6.45) is 6.56. The summed E-state index contributed by atoms with van der Waals surface area (Å²) >= 11 is 0. The Morgan fingerprint density at radius 2 is 1.97 bits per heavy atom. The number of aryl methyl sites for hydroxylation is 2. The van der Waals surface area contributed by atoms with Gasteiger partial charge in [0.1, 0.15) is 5.69 Å². The summed E-state index contributed by atoms with van der Waals surface area (Å²) in [5, 5.41) is 8.22. The SMILES string of the molecule is [2H]C([2H])([2H])c1nc(C2=CC3CN(C(=O)c4cnc(OC)cc4-n4nccn4)CC3C2)nc(C([2H])([2H])[2H])c1F. The number of aromatic nitrogens is 6. The topological polar surface area (TPSA) is 98.9 Å². The van der Waals surface area contributed by atoms with Crippen molar-refractivity contribution in [2.75, 3.05) is 20.2 Å². The second-order valence-corrected chi connectivity index (χ2v) is 7.65. The molecule has 2 atom stereocenters. The fourth-order valence-electron chi connectivity index (χ4n) is 4.21. The van der Waals surface area contributed by atoms with Crippen LogP contribution in [0.15, 0.2) is 30.7 Å². The average molecular weight is 441 g/mol. The molecule has 3 aromatic rings. The normalized spacial score (nSPS) is 23.3. The van der Waals surface area contributed by atoms with Crippen LogP contribution in [0.2, 0.25) is 0 Å². The summed E-state index contributed by atoms with van der Waals surface area (Å²) in [7, 11) is 1.46. The van der Waals surface area contributed by atoms with Gasteiger partial charge in [0.25, 0.3) is 5.91 Å². The number of rotatable bonds is 4. The first kappa shape index (κ1) is 14.4. The van der Waals surface area contributed by atoms with Gasteiger partial charge in [-0.15, -0.1) is 0 Å². The minimum atomic E-state index is -2.95. The van der Waals surface area contributed by atoms with Crippen molar-refractivity contribution in [3.05, 3.63) is 59.3 Å². The molecule has 1 fully saturated rings. The molecule has 5 rings (SSSR count). The number of pyridine rings is 1. The monoisotopic (exact) mass is 441 g/mol. The molecule has 9 nitrogen and oxygen atoms in total. The van der Waals surface area contributed by atoms with Gasteiger partial charge in [0.05, 0.1) is 36.5 Å². The van der Waals surface area contributed by atoms with Crippen LogP contribution in [0, 0.1) is 31.4 Å². The van der Waals surface area contributed by atoms with Gasteiger partial charge in [-0.25, -0.2) is 19.3 Å². The first-order valence-corrected chi connectivity index (χ1v) is 9.86. The van der Waals surface area contributed by atoms with Crippen molar-refractivity contribution < 1.29 is 22.1 Å². The number of hydrogen-bond acceptors (Lipinski definition) is 7. The number of ether oxygens (including phenoxy) is 1. The molecule has 0 spiro atoms. The van der Waals surface area contributed by atoms with Gasteiger partial charge in [0.15, 0.2) is 11.6 Å². The number of likely N-dealkylation sites (tertiary alicyclic amines) is 1. The Bertz CT molecular complexity index is 1390. The Morgan fingerprint density at radius 3 is 2.62 bits per heavy atom. The molecule has 0 N–H and O–H groups in total. The Kier molecular flexibility index (Phi) is 3.50. The number of hydrogen-bond donors (Lipinski definition) is 0. The standard InChI is InChI=1S/C22H22FN7O2/c1-12-20(23)13(2)28-21(27-12)14-6-15-10-29(11-16(15)7-14)22(31)17-9-24-19(32-3)8-18(17)30-25-4-5-26-30/h4-6,8-9,15-16H,7,10-11H2,1-3H3/i1D3,2D3. The van der Waals surface area contributed by atoms with Crippen LogP contribution in [0.1, 0.15) is 42.2 Å². The summed E-state index contributed by atoms with van der Waals surface area (Å²) in [6, 6.07) is 1.57. The van der Waals surface area contributed by atoms with Gasteiger partial charge in [-0.1, -0.05) is 6.08 Å².